The summed E-state index contributed by atoms with van der Waals surface area (Å²) in [5, 5.41) is 11.0. The fourth-order valence-electron chi connectivity index (χ4n) is 1.44. The van der Waals surface area contributed by atoms with Crippen LogP contribution in [0.2, 0.25) is 5.02 Å². The fourth-order valence-corrected chi connectivity index (χ4v) is 2.11. The van der Waals surface area contributed by atoms with Gasteiger partial charge in [0.1, 0.15) is 5.02 Å². The molecule has 0 fully saturated rings. The van der Waals surface area contributed by atoms with Crippen molar-refractivity contribution in [2.24, 2.45) is 0 Å². The first kappa shape index (κ1) is 14.5. The van der Waals surface area contributed by atoms with Crippen LogP contribution in [-0.2, 0) is 0 Å². The van der Waals surface area contributed by atoms with Crippen molar-refractivity contribution in [2.45, 2.75) is 0 Å². The van der Waals surface area contributed by atoms with E-state index in [-0.39, 0.29) is 22.3 Å². The Morgan fingerprint density at radius 3 is 2.70 bits per heavy atom. The monoisotopic (exact) mass is 358 g/mol. The van der Waals surface area contributed by atoms with Crippen molar-refractivity contribution < 1.29 is 14.4 Å². The molecular formula is C12H8BrClN2O4. The Morgan fingerprint density at radius 2 is 2.10 bits per heavy atom. The Bertz CT molecular complexity index is 666. The summed E-state index contributed by atoms with van der Waals surface area (Å²) in [6.07, 6.45) is 1.51. The number of aromatic nitrogens is 1. The molecule has 2 aromatic rings. The van der Waals surface area contributed by atoms with E-state index in [1.54, 1.807) is 6.07 Å². The highest BCUT2D eigenvalue weighted by Crippen LogP contribution is 2.36. The highest BCUT2D eigenvalue weighted by Gasteiger charge is 2.15. The standard InChI is InChI=1S/C12H8BrClN2O4/c1-19-10-3-2-8(16(17)18)5-11(10)20-12-9(14)4-7(13)6-15-12/h2-6H,1H3. The van der Waals surface area contributed by atoms with Gasteiger partial charge in [0.2, 0.25) is 5.88 Å². The molecule has 1 heterocycles. The van der Waals surface area contributed by atoms with E-state index in [9.17, 15) is 10.1 Å². The third-order valence-electron chi connectivity index (χ3n) is 2.34. The summed E-state index contributed by atoms with van der Waals surface area (Å²) in [5.41, 5.74) is -0.117. The van der Waals surface area contributed by atoms with Crippen LogP contribution in [0, 0.1) is 10.1 Å². The zero-order valence-corrected chi connectivity index (χ0v) is 12.5. The van der Waals surface area contributed by atoms with Crippen LogP contribution in [0.25, 0.3) is 0 Å². The molecule has 0 aliphatic carbocycles. The zero-order valence-electron chi connectivity index (χ0n) is 10.2. The summed E-state index contributed by atoms with van der Waals surface area (Å²) in [5.74, 6) is 0.642. The van der Waals surface area contributed by atoms with Crippen molar-refractivity contribution in [1.82, 2.24) is 4.98 Å². The van der Waals surface area contributed by atoms with Gasteiger partial charge in [-0.1, -0.05) is 11.6 Å². The van der Waals surface area contributed by atoms with Crippen molar-refractivity contribution in [1.29, 1.82) is 0 Å². The molecule has 0 radical (unpaired) electrons. The van der Waals surface area contributed by atoms with Crippen LogP contribution in [0.5, 0.6) is 17.4 Å². The number of ether oxygens (including phenoxy) is 2. The smallest absolute Gasteiger partial charge is 0.273 e. The normalized spacial score (nSPS) is 10.2. The summed E-state index contributed by atoms with van der Waals surface area (Å²) in [7, 11) is 1.44. The highest BCUT2D eigenvalue weighted by atomic mass is 79.9. The van der Waals surface area contributed by atoms with Gasteiger partial charge in [-0.05, 0) is 28.1 Å². The maximum Gasteiger partial charge on any atom is 0.273 e. The second-order valence-corrected chi connectivity index (χ2v) is 4.96. The van der Waals surface area contributed by atoms with Crippen molar-refractivity contribution in [2.75, 3.05) is 7.11 Å². The largest absolute Gasteiger partial charge is 0.493 e. The van der Waals surface area contributed by atoms with Gasteiger partial charge in [0.15, 0.2) is 11.5 Å². The number of nitro benzene ring substituents is 1. The van der Waals surface area contributed by atoms with Crippen LogP contribution in [0.1, 0.15) is 0 Å². The Labute approximate surface area is 127 Å². The number of nitrogens with zero attached hydrogens (tertiary/aromatic N) is 2. The molecule has 0 saturated heterocycles. The molecule has 0 amide bonds. The summed E-state index contributed by atoms with van der Waals surface area (Å²) in [6.45, 7) is 0. The molecule has 2 rings (SSSR count). The average Bonchev–Trinajstić information content (AvgIpc) is 2.41. The van der Waals surface area contributed by atoms with Gasteiger partial charge < -0.3 is 9.47 Å². The fraction of sp³-hybridized carbons (Fsp3) is 0.0833. The topological polar surface area (TPSA) is 74.5 Å². The van der Waals surface area contributed by atoms with E-state index in [2.05, 4.69) is 20.9 Å². The lowest BCUT2D eigenvalue weighted by molar-refractivity contribution is -0.384. The SMILES string of the molecule is COc1ccc([N+](=O)[O-])cc1Oc1ncc(Br)cc1Cl. The predicted molar refractivity (Wildman–Crippen MR) is 76.7 cm³/mol. The Kier molecular flexibility index (Phi) is 4.41. The number of nitro groups is 1. The first-order valence-corrected chi connectivity index (χ1v) is 6.49. The maximum atomic E-state index is 10.8. The quantitative estimate of drug-likeness (QED) is 0.604. The second kappa shape index (κ2) is 6.06. The van der Waals surface area contributed by atoms with E-state index in [1.807, 2.05) is 0 Å². The van der Waals surface area contributed by atoms with E-state index in [0.717, 1.165) is 0 Å². The molecule has 0 spiro atoms. The summed E-state index contributed by atoms with van der Waals surface area (Å²) < 4.78 is 11.3. The molecule has 8 heteroatoms. The molecule has 0 aliphatic heterocycles. The molecule has 0 bridgehead atoms. The van der Waals surface area contributed by atoms with Crippen LogP contribution in [0.15, 0.2) is 34.9 Å². The molecule has 1 aromatic carbocycles. The third kappa shape index (κ3) is 3.17. The van der Waals surface area contributed by atoms with E-state index in [4.69, 9.17) is 21.1 Å². The maximum absolute atomic E-state index is 10.8. The highest BCUT2D eigenvalue weighted by molar-refractivity contribution is 9.10. The summed E-state index contributed by atoms with van der Waals surface area (Å²) >= 11 is 9.21. The third-order valence-corrected chi connectivity index (χ3v) is 3.04. The molecule has 0 aliphatic rings. The molecule has 0 N–H and O–H groups in total. The average molecular weight is 360 g/mol. The van der Waals surface area contributed by atoms with Gasteiger partial charge in [0, 0.05) is 16.7 Å². The van der Waals surface area contributed by atoms with Gasteiger partial charge in [0.25, 0.3) is 5.69 Å². The van der Waals surface area contributed by atoms with Gasteiger partial charge in [-0.25, -0.2) is 4.98 Å². The minimum absolute atomic E-state index is 0.117. The van der Waals surface area contributed by atoms with Crippen LogP contribution < -0.4 is 9.47 Å². The number of rotatable bonds is 4. The molecule has 0 atom stereocenters. The van der Waals surface area contributed by atoms with Gasteiger partial charge in [-0.2, -0.15) is 0 Å². The number of methoxy groups -OCH3 is 1. The van der Waals surface area contributed by atoms with Gasteiger partial charge in [0.05, 0.1) is 18.1 Å². The molecule has 20 heavy (non-hydrogen) atoms. The number of non-ortho nitro benzene ring substituents is 1. The Balaban J connectivity index is 2.40. The van der Waals surface area contributed by atoms with E-state index >= 15 is 0 Å². The number of hydrogen-bond acceptors (Lipinski definition) is 5. The molecule has 0 saturated carbocycles. The van der Waals surface area contributed by atoms with Crippen LogP contribution in [-0.4, -0.2) is 17.0 Å². The van der Waals surface area contributed by atoms with Crippen molar-refractivity contribution >= 4 is 33.2 Å². The number of pyridine rings is 1. The molecule has 0 unspecified atom stereocenters. The minimum atomic E-state index is -0.525. The van der Waals surface area contributed by atoms with E-state index in [1.165, 1.54) is 31.5 Å². The number of benzene rings is 1. The molecule has 104 valence electrons. The first-order chi connectivity index (χ1) is 9.51. The number of hydrogen-bond donors (Lipinski definition) is 0. The first-order valence-electron chi connectivity index (χ1n) is 5.32. The van der Waals surface area contributed by atoms with Crippen LogP contribution in [0.4, 0.5) is 5.69 Å². The lowest BCUT2D eigenvalue weighted by Gasteiger charge is -2.10. The zero-order chi connectivity index (χ0) is 14.7. The van der Waals surface area contributed by atoms with Crippen LogP contribution in [0.3, 0.4) is 0 Å². The molecular weight excluding hydrogens is 351 g/mol. The van der Waals surface area contributed by atoms with Crippen molar-refractivity contribution in [3.05, 3.63) is 50.1 Å². The number of halogens is 2. The Morgan fingerprint density at radius 1 is 1.35 bits per heavy atom. The summed E-state index contributed by atoms with van der Waals surface area (Å²) in [4.78, 5) is 14.2. The van der Waals surface area contributed by atoms with Gasteiger partial charge in [-0.3, -0.25) is 10.1 Å². The van der Waals surface area contributed by atoms with E-state index in [0.29, 0.717) is 10.2 Å². The predicted octanol–water partition coefficient (Wildman–Crippen LogP) is 4.21. The minimum Gasteiger partial charge on any atom is -0.493 e. The second-order valence-electron chi connectivity index (χ2n) is 3.63. The lowest BCUT2D eigenvalue weighted by atomic mass is 10.3. The van der Waals surface area contributed by atoms with Gasteiger partial charge in [-0.15, -0.1) is 0 Å². The summed E-state index contributed by atoms with van der Waals surface area (Å²) in [6, 6.07) is 5.62. The van der Waals surface area contributed by atoms with E-state index < -0.39 is 4.92 Å². The Hall–Kier alpha value is -1.86. The lowest BCUT2D eigenvalue weighted by Crippen LogP contribution is -1.95. The molecule has 6 nitrogen and oxygen atoms in total. The van der Waals surface area contributed by atoms with Gasteiger partial charge >= 0.3 is 0 Å². The molecule has 1 aromatic heterocycles. The van der Waals surface area contributed by atoms with Crippen molar-refractivity contribution in [3.8, 4) is 17.4 Å². The van der Waals surface area contributed by atoms with Crippen LogP contribution >= 0.6 is 27.5 Å². The van der Waals surface area contributed by atoms with Crippen molar-refractivity contribution in [3.63, 3.8) is 0 Å².